The number of ether oxygens (including phenoxy) is 2. The van der Waals surface area contributed by atoms with E-state index < -0.39 is 0 Å². The molecule has 104 valence electrons. The summed E-state index contributed by atoms with van der Waals surface area (Å²) in [6, 6.07) is 18.4. The molecule has 1 atom stereocenters. The van der Waals surface area contributed by atoms with E-state index in [1.807, 2.05) is 30.3 Å². The Morgan fingerprint density at radius 1 is 1.00 bits per heavy atom. The standard InChI is InChI=1S/C18H15NO2/c1-12(15-8-7-14-10-18(15)21-11-20-14)16-9-6-13-4-2-3-5-17(13)19-16/h2-10,12H,11H2,1H3. The lowest BCUT2D eigenvalue weighted by atomic mass is 9.95. The fourth-order valence-corrected chi connectivity index (χ4v) is 2.73. The zero-order chi connectivity index (χ0) is 14.2. The van der Waals surface area contributed by atoms with Gasteiger partial charge in [0, 0.05) is 28.6 Å². The number of benzene rings is 2. The largest absolute Gasteiger partial charge is 0.457 e. The number of pyridine rings is 1. The summed E-state index contributed by atoms with van der Waals surface area (Å²) in [7, 11) is 0. The van der Waals surface area contributed by atoms with Gasteiger partial charge in [-0.15, -0.1) is 0 Å². The van der Waals surface area contributed by atoms with Crippen molar-refractivity contribution in [3.8, 4) is 11.5 Å². The second kappa shape index (κ2) is 4.77. The third kappa shape index (κ3) is 2.11. The van der Waals surface area contributed by atoms with E-state index >= 15 is 0 Å². The van der Waals surface area contributed by atoms with Gasteiger partial charge in [0.1, 0.15) is 11.5 Å². The maximum absolute atomic E-state index is 5.59. The van der Waals surface area contributed by atoms with Crippen LogP contribution in [0.4, 0.5) is 0 Å². The van der Waals surface area contributed by atoms with Crippen molar-refractivity contribution in [2.75, 3.05) is 6.79 Å². The minimum Gasteiger partial charge on any atom is -0.457 e. The van der Waals surface area contributed by atoms with E-state index in [0.29, 0.717) is 0 Å². The van der Waals surface area contributed by atoms with Gasteiger partial charge < -0.3 is 9.47 Å². The molecule has 0 spiro atoms. The highest BCUT2D eigenvalue weighted by Crippen LogP contribution is 2.36. The summed E-state index contributed by atoms with van der Waals surface area (Å²) in [5, 5.41) is 1.16. The Bertz CT molecular complexity index is 813. The summed E-state index contributed by atoms with van der Waals surface area (Å²) >= 11 is 0. The Kier molecular flexibility index (Phi) is 2.78. The summed E-state index contributed by atoms with van der Waals surface area (Å²) in [6.45, 7) is 2.44. The summed E-state index contributed by atoms with van der Waals surface area (Å²) in [5.41, 5.74) is 3.22. The Morgan fingerprint density at radius 2 is 1.90 bits per heavy atom. The molecule has 0 saturated carbocycles. The van der Waals surface area contributed by atoms with Crippen molar-refractivity contribution < 1.29 is 9.47 Å². The lowest BCUT2D eigenvalue weighted by Crippen LogP contribution is -2.13. The SMILES string of the molecule is CC(c1ccc2ccccc2n1)c1ccc2cc1OCO2. The lowest BCUT2D eigenvalue weighted by Gasteiger charge is -2.21. The highest BCUT2D eigenvalue weighted by atomic mass is 16.7. The molecule has 0 N–H and O–H groups in total. The van der Waals surface area contributed by atoms with Crippen molar-refractivity contribution in [2.45, 2.75) is 12.8 Å². The number of hydrogen-bond donors (Lipinski definition) is 0. The minimum absolute atomic E-state index is 0.178. The van der Waals surface area contributed by atoms with Crippen LogP contribution in [0.25, 0.3) is 10.9 Å². The quantitative estimate of drug-likeness (QED) is 0.706. The Labute approximate surface area is 123 Å². The maximum Gasteiger partial charge on any atom is 0.230 e. The molecule has 0 saturated heterocycles. The predicted molar refractivity (Wildman–Crippen MR) is 81.8 cm³/mol. The van der Waals surface area contributed by atoms with E-state index in [-0.39, 0.29) is 12.7 Å². The van der Waals surface area contributed by atoms with Crippen LogP contribution in [0.1, 0.15) is 24.1 Å². The van der Waals surface area contributed by atoms with Crippen molar-refractivity contribution in [3.05, 3.63) is 65.9 Å². The lowest BCUT2D eigenvalue weighted by molar-refractivity contribution is 0.104. The van der Waals surface area contributed by atoms with Crippen molar-refractivity contribution in [2.24, 2.45) is 0 Å². The van der Waals surface area contributed by atoms with E-state index in [0.717, 1.165) is 33.7 Å². The van der Waals surface area contributed by atoms with Crippen LogP contribution in [0.15, 0.2) is 54.6 Å². The molecule has 3 heteroatoms. The van der Waals surface area contributed by atoms with Crippen molar-refractivity contribution in [1.82, 2.24) is 4.98 Å². The van der Waals surface area contributed by atoms with Crippen LogP contribution in [0.3, 0.4) is 0 Å². The Morgan fingerprint density at radius 3 is 2.86 bits per heavy atom. The number of para-hydroxylation sites is 1. The van der Waals surface area contributed by atoms with Crippen LogP contribution in [0.5, 0.6) is 11.5 Å². The first-order valence-corrected chi connectivity index (χ1v) is 7.06. The highest BCUT2D eigenvalue weighted by Gasteiger charge is 2.18. The second-order valence-electron chi connectivity index (χ2n) is 5.26. The zero-order valence-electron chi connectivity index (χ0n) is 11.7. The third-order valence-corrected chi connectivity index (χ3v) is 3.96. The molecule has 3 aromatic rings. The molecule has 2 bridgehead atoms. The summed E-state index contributed by atoms with van der Waals surface area (Å²) in [6.07, 6.45) is 0. The summed E-state index contributed by atoms with van der Waals surface area (Å²) < 4.78 is 10.9. The molecule has 0 fully saturated rings. The number of rotatable bonds is 2. The van der Waals surface area contributed by atoms with Gasteiger partial charge in [0.25, 0.3) is 0 Å². The van der Waals surface area contributed by atoms with Gasteiger partial charge in [-0.2, -0.15) is 0 Å². The molecular formula is C18H15NO2. The molecule has 2 aromatic carbocycles. The van der Waals surface area contributed by atoms with Gasteiger partial charge in [-0.05, 0) is 18.2 Å². The average Bonchev–Trinajstić information content (AvgIpc) is 2.54. The molecular weight excluding hydrogens is 262 g/mol. The molecule has 1 aromatic heterocycles. The smallest absolute Gasteiger partial charge is 0.230 e. The van der Waals surface area contributed by atoms with E-state index in [1.165, 1.54) is 0 Å². The number of nitrogens with zero attached hydrogens (tertiary/aromatic N) is 1. The Balaban J connectivity index is 1.77. The van der Waals surface area contributed by atoms with Crippen molar-refractivity contribution in [3.63, 3.8) is 0 Å². The van der Waals surface area contributed by atoms with Crippen LogP contribution >= 0.6 is 0 Å². The molecule has 1 aliphatic heterocycles. The molecule has 0 amide bonds. The first-order chi connectivity index (χ1) is 10.3. The van der Waals surface area contributed by atoms with E-state index in [9.17, 15) is 0 Å². The van der Waals surface area contributed by atoms with Gasteiger partial charge in [0.05, 0.1) is 5.52 Å². The monoisotopic (exact) mass is 277 g/mol. The van der Waals surface area contributed by atoms with Gasteiger partial charge in [-0.3, -0.25) is 4.98 Å². The summed E-state index contributed by atoms with van der Waals surface area (Å²) in [4.78, 5) is 4.78. The fraction of sp³-hybridized carbons (Fsp3) is 0.167. The van der Waals surface area contributed by atoms with Gasteiger partial charge >= 0.3 is 0 Å². The zero-order valence-corrected chi connectivity index (χ0v) is 11.7. The third-order valence-electron chi connectivity index (χ3n) is 3.96. The van der Waals surface area contributed by atoms with E-state index in [4.69, 9.17) is 14.5 Å². The molecule has 21 heavy (non-hydrogen) atoms. The predicted octanol–water partition coefficient (Wildman–Crippen LogP) is 4.12. The first-order valence-electron chi connectivity index (χ1n) is 7.06. The van der Waals surface area contributed by atoms with Crippen LogP contribution in [0.2, 0.25) is 0 Å². The molecule has 2 heterocycles. The number of aromatic nitrogens is 1. The van der Waals surface area contributed by atoms with Crippen LogP contribution in [-0.2, 0) is 0 Å². The normalized spacial score (nSPS) is 14.3. The van der Waals surface area contributed by atoms with E-state index in [1.54, 1.807) is 0 Å². The van der Waals surface area contributed by atoms with Gasteiger partial charge in [0.15, 0.2) is 0 Å². The molecule has 0 aliphatic carbocycles. The fourth-order valence-electron chi connectivity index (χ4n) is 2.73. The molecule has 1 unspecified atom stereocenters. The Hall–Kier alpha value is -2.55. The van der Waals surface area contributed by atoms with Gasteiger partial charge in [0.2, 0.25) is 6.79 Å². The minimum atomic E-state index is 0.178. The molecule has 3 nitrogen and oxygen atoms in total. The van der Waals surface area contributed by atoms with Gasteiger partial charge in [-0.1, -0.05) is 37.3 Å². The van der Waals surface area contributed by atoms with Crippen LogP contribution < -0.4 is 9.47 Å². The number of hydrogen-bond acceptors (Lipinski definition) is 3. The van der Waals surface area contributed by atoms with E-state index in [2.05, 4.69) is 31.2 Å². The first kappa shape index (κ1) is 12.2. The van der Waals surface area contributed by atoms with Crippen LogP contribution in [0, 0.1) is 0 Å². The van der Waals surface area contributed by atoms with Crippen molar-refractivity contribution >= 4 is 10.9 Å². The second-order valence-corrected chi connectivity index (χ2v) is 5.26. The molecule has 0 radical (unpaired) electrons. The van der Waals surface area contributed by atoms with Crippen molar-refractivity contribution in [1.29, 1.82) is 0 Å². The number of fused-ring (bicyclic) bond motifs is 3. The molecule has 1 aliphatic rings. The summed E-state index contributed by atoms with van der Waals surface area (Å²) in [5.74, 6) is 1.93. The average molecular weight is 277 g/mol. The maximum atomic E-state index is 5.59. The topological polar surface area (TPSA) is 31.4 Å². The van der Waals surface area contributed by atoms with Gasteiger partial charge in [-0.25, -0.2) is 0 Å². The molecule has 4 rings (SSSR count). The van der Waals surface area contributed by atoms with Crippen LogP contribution in [-0.4, -0.2) is 11.8 Å². The highest BCUT2D eigenvalue weighted by molar-refractivity contribution is 5.78.